The lowest BCUT2D eigenvalue weighted by molar-refractivity contribution is 0.0754. The van der Waals surface area contributed by atoms with Crippen molar-refractivity contribution in [1.82, 2.24) is 4.90 Å². The van der Waals surface area contributed by atoms with Crippen LogP contribution in [0.15, 0.2) is 35.7 Å². The second-order valence-corrected chi connectivity index (χ2v) is 5.87. The van der Waals surface area contributed by atoms with Gasteiger partial charge in [-0.1, -0.05) is 29.3 Å². The predicted molar refractivity (Wildman–Crippen MR) is 81.2 cm³/mol. The molecule has 0 N–H and O–H groups in total. The van der Waals surface area contributed by atoms with Crippen molar-refractivity contribution < 1.29 is 4.79 Å². The quantitative estimate of drug-likeness (QED) is 0.800. The third kappa shape index (κ3) is 3.50. The molecule has 2 nitrogen and oxygen atoms in total. The molecule has 0 aliphatic heterocycles. The van der Waals surface area contributed by atoms with Gasteiger partial charge in [0, 0.05) is 17.0 Å². The summed E-state index contributed by atoms with van der Waals surface area (Å²) in [6.07, 6.45) is 0. The van der Waals surface area contributed by atoms with Crippen LogP contribution >= 0.6 is 34.5 Å². The van der Waals surface area contributed by atoms with Crippen molar-refractivity contribution in [2.45, 2.75) is 13.5 Å². The highest BCUT2D eigenvalue weighted by molar-refractivity contribution is 7.09. The topological polar surface area (TPSA) is 20.3 Å². The van der Waals surface area contributed by atoms with E-state index in [1.54, 1.807) is 34.4 Å². The molecule has 19 heavy (non-hydrogen) atoms. The first-order chi connectivity index (χ1) is 9.11. The van der Waals surface area contributed by atoms with Crippen molar-refractivity contribution in [2.24, 2.45) is 0 Å². The van der Waals surface area contributed by atoms with Crippen LogP contribution < -0.4 is 0 Å². The van der Waals surface area contributed by atoms with E-state index in [9.17, 15) is 4.79 Å². The zero-order chi connectivity index (χ0) is 13.8. The van der Waals surface area contributed by atoms with Crippen LogP contribution in [0, 0.1) is 0 Å². The van der Waals surface area contributed by atoms with Crippen LogP contribution in [-0.4, -0.2) is 17.4 Å². The average Bonchev–Trinajstić information content (AvgIpc) is 2.91. The number of amides is 1. The lowest BCUT2D eigenvalue weighted by Gasteiger charge is -2.20. The van der Waals surface area contributed by atoms with E-state index in [0.29, 0.717) is 28.7 Å². The van der Waals surface area contributed by atoms with Gasteiger partial charge >= 0.3 is 0 Å². The molecule has 0 saturated carbocycles. The number of thiophene rings is 1. The molecule has 2 aromatic rings. The summed E-state index contributed by atoms with van der Waals surface area (Å²) in [6.45, 7) is 3.23. The third-order valence-electron chi connectivity index (χ3n) is 2.76. The molecule has 2 rings (SSSR count). The minimum absolute atomic E-state index is 0.0329. The zero-order valence-electron chi connectivity index (χ0n) is 10.4. The van der Waals surface area contributed by atoms with Crippen molar-refractivity contribution in [1.29, 1.82) is 0 Å². The summed E-state index contributed by atoms with van der Waals surface area (Å²) < 4.78 is 0. The van der Waals surface area contributed by atoms with E-state index in [2.05, 4.69) is 0 Å². The Morgan fingerprint density at radius 2 is 2.05 bits per heavy atom. The lowest BCUT2D eigenvalue weighted by Crippen LogP contribution is -2.29. The second-order valence-electron chi connectivity index (χ2n) is 4.03. The highest BCUT2D eigenvalue weighted by atomic mass is 35.5. The first-order valence-corrected chi connectivity index (χ1v) is 7.52. The monoisotopic (exact) mass is 313 g/mol. The van der Waals surface area contributed by atoms with Crippen LogP contribution in [0.2, 0.25) is 10.0 Å². The second kappa shape index (κ2) is 6.42. The van der Waals surface area contributed by atoms with Crippen molar-refractivity contribution in [2.75, 3.05) is 6.54 Å². The maximum absolute atomic E-state index is 12.4. The van der Waals surface area contributed by atoms with Crippen LogP contribution in [0.1, 0.15) is 22.2 Å². The fourth-order valence-electron chi connectivity index (χ4n) is 1.73. The first-order valence-electron chi connectivity index (χ1n) is 5.88. The summed E-state index contributed by atoms with van der Waals surface area (Å²) >= 11 is 13.5. The summed E-state index contributed by atoms with van der Waals surface area (Å²) in [6, 6.07) is 8.97. The summed E-state index contributed by atoms with van der Waals surface area (Å²) in [5.41, 5.74) is 0.563. The van der Waals surface area contributed by atoms with Crippen LogP contribution in [0.25, 0.3) is 0 Å². The van der Waals surface area contributed by atoms with E-state index in [4.69, 9.17) is 23.2 Å². The van der Waals surface area contributed by atoms with Crippen LogP contribution in [0.4, 0.5) is 0 Å². The van der Waals surface area contributed by atoms with Crippen LogP contribution in [-0.2, 0) is 6.54 Å². The number of carbonyl (C=O) groups excluding carboxylic acids is 1. The zero-order valence-corrected chi connectivity index (χ0v) is 12.7. The third-order valence-corrected chi connectivity index (χ3v) is 4.36. The predicted octanol–water partition coefficient (Wildman–Crippen LogP) is 4.72. The molecular weight excluding hydrogens is 301 g/mol. The molecule has 0 radical (unpaired) electrons. The first kappa shape index (κ1) is 14.4. The summed E-state index contributed by atoms with van der Waals surface area (Å²) in [7, 11) is 0. The Morgan fingerprint density at radius 1 is 1.26 bits per heavy atom. The van der Waals surface area contributed by atoms with Gasteiger partial charge in [0.05, 0.1) is 16.6 Å². The maximum Gasteiger partial charge on any atom is 0.254 e. The van der Waals surface area contributed by atoms with Gasteiger partial charge in [0.25, 0.3) is 5.91 Å². The summed E-state index contributed by atoms with van der Waals surface area (Å²) in [5.74, 6) is -0.0329. The number of nitrogens with zero attached hydrogens (tertiary/aromatic N) is 1. The molecule has 0 aliphatic rings. The largest absolute Gasteiger partial charge is 0.334 e. The van der Waals surface area contributed by atoms with Crippen molar-refractivity contribution in [3.63, 3.8) is 0 Å². The van der Waals surface area contributed by atoms with Gasteiger partial charge in [-0.25, -0.2) is 0 Å². The molecule has 1 aromatic heterocycles. The van der Waals surface area contributed by atoms with E-state index in [-0.39, 0.29) is 5.91 Å². The highest BCUT2D eigenvalue weighted by Gasteiger charge is 2.15. The van der Waals surface area contributed by atoms with Crippen molar-refractivity contribution in [3.05, 3.63) is 56.2 Å². The van der Waals surface area contributed by atoms with Gasteiger partial charge in [0.15, 0.2) is 0 Å². The highest BCUT2D eigenvalue weighted by Crippen LogP contribution is 2.23. The lowest BCUT2D eigenvalue weighted by atomic mass is 10.2. The van der Waals surface area contributed by atoms with Crippen LogP contribution in [0.5, 0.6) is 0 Å². The van der Waals surface area contributed by atoms with Crippen LogP contribution in [0.3, 0.4) is 0 Å². The molecule has 0 saturated heterocycles. The molecule has 1 aromatic carbocycles. The normalized spacial score (nSPS) is 10.5. The Kier molecular flexibility index (Phi) is 4.86. The molecule has 0 atom stereocenters. The number of halogens is 2. The minimum atomic E-state index is -0.0329. The molecule has 0 fully saturated rings. The Morgan fingerprint density at radius 3 is 2.63 bits per heavy atom. The van der Waals surface area contributed by atoms with Gasteiger partial charge in [-0.05, 0) is 36.6 Å². The maximum atomic E-state index is 12.4. The van der Waals surface area contributed by atoms with E-state index < -0.39 is 0 Å². The molecule has 1 heterocycles. The number of carbonyl (C=O) groups is 1. The van der Waals surface area contributed by atoms with Crippen molar-refractivity contribution >= 4 is 40.4 Å². The molecule has 100 valence electrons. The molecular formula is C14H13Cl2NOS. The number of hydrogen-bond donors (Lipinski definition) is 0. The van der Waals surface area contributed by atoms with Gasteiger partial charge in [-0.15, -0.1) is 11.3 Å². The molecule has 0 bridgehead atoms. The Labute approximate surface area is 126 Å². The summed E-state index contributed by atoms with van der Waals surface area (Å²) in [4.78, 5) is 15.3. The van der Waals surface area contributed by atoms with E-state index >= 15 is 0 Å². The SMILES string of the molecule is CCN(Cc1cccs1)C(=O)c1ccc(Cl)c(Cl)c1. The Bertz CT molecular complexity index is 569. The fraction of sp³-hybridized carbons (Fsp3) is 0.214. The Hall–Kier alpha value is -1.03. The molecule has 0 unspecified atom stereocenters. The van der Waals surface area contributed by atoms with Gasteiger partial charge in [0.2, 0.25) is 0 Å². The average molecular weight is 314 g/mol. The fourth-order valence-corrected chi connectivity index (χ4v) is 2.75. The standard InChI is InChI=1S/C14H13Cl2NOS/c1-2-17(9-11-4-3-7-19-11)14(18)10-5-6-12(15)13(16)8-10/h3-8H,2,9H2,1H3. The molecule has 0 aliphatic carbocycles. The van der Waals surface area contributed by atoms with E-state index in [0.717, 1.165) is 4.88 Å². The van der Waals surface area contributed by atoms with Crippen molar-refractivity contribution in [3.8, 4) is 0 Å². The van der Waals surface area contributed by atoms with E-state index in [1.807, 2.05) is 24.4 Å². The van der Waals surface area contributed by atoms with Gasteiger partial charge in [-0.3, -0.25) is 4.79 Å². The van der Waals surface area contributed by atoms with Gasteiger partial charge in [0.1, 0.15) is 0 Å². The van der Waals surface area contributed by atoms with E-state index in [1.165, 1.54) is 0 Å². The Balaban J connectivity index is 2.18. The molecule has 1 amide bonds. The molecule has 0 spiro atoms. The molecule has 5 heteroatoms. The minimum Gasteiger partial charge on any atom is -0.334 e. The smallest absolute Gasteiger partial charge is 0.254 e. The number of hydrogen-bond acceptors (Lipinski definition) is 2. The number of rotatable bonds is 4. The number of benzene rings is 1. The summed E-state index contributed by atoms with van der Waals surface area (Å²) in [5, 5.41) is 2.87. The van der Waals surface area contributed by atoms with Gasteiger partial charge < -0.3 is 4.90 Å². The van der Waals surface area contributed by atoms with Gasteiger partial charge in [-0.2, -0.15) is 0 Å².